The summed E-state index contributed by atoms with van der Waals surface area (Å²) < 4.78 is 33.7. The number of halogens is 3. The Morgan fingerprint density at radius 1 is 1.32 bits per heavy atom. The molecule has 2 saturated carbocycles. The molecule has 0 saturated heterocycles. The number of aryl methyl sites for hydroxylation is 1. The number of benzene rings is 1. The zero-order valence-electron chi connectivity index (χ0n) is 16.6. The molecule has 3 aromatic rings. The predicted molar refractivity (Wildman–Crippen MR) is 106 cm³/mol. The first-order chi connectivity index (χ1) is 14.8. The fourth-order valence-electron chi connectivity index (χ4n) is 4.23. The minimum Gasteiger partial charge on any atom is -0.481 e. The van der Waals surface area contributed by atoms with Gasteiger partial charge in [0.15, 0.2) is 11.5 Å². The Balaban J connectivity index is 1.45. The molecule has 1 N–H and O–H groups in total. The molecule has 0 aliphatic heterocycles. The molecule has 0 atom stereocenters. The number of rotatable bonds is 6. The summed E-state index contributed by atoms with van der Waals surface area (Å²) in [5, 5.41) is 18.0. The van der Waals surface area contributed by atoms with Crippen LogP contribution in [0.25, 0.3) is 11.6 Å². The largest absolute Gasteiger partial charge is 0.481 e. The minimum absolute atomic E-state index is 0.0549. The topological polar surface area (TPSA) is 94.0 Å². The van der Waals surface area contributed by atoms with E-state index in [1.54, 1.807) is 0 Å². The summed E-state index contributed by atoms with van der Waals surface area (Å²) >= 11 is 6.45. The van der Waals surface area contributed by atoms with Crippen LogP contribution in [0.5, 0.6) is 0 Å². The van der Waals surface area contributed by atoms with Gasteiger partial charge in [0, 0.05) is 5.02 Å². The molecule has 31 heavy (non-hydrogen) atoms. The molecule has 2 fully saturated rings. The molecule has 2 aromatic heterocycles. The van der Waals surface area contributed by atoms with E-state index >= 15 is 0 Å². The van der Waals surface area contributed by atoms with E-state index in [0.29, 0.717) is 10.8 Å². The summed E-state index contributed by atoms with van der Waals surface area (Å²) in [5.74, 6) is -0.948. The molecule has 5 rings (SSSR count). The van der Waals surface area contributed by atoms with Crippen LogP contribution in [0.1, 0.15) is 60.8 Å². The van der Waals surface area contributed by atoms with Gasteiger partial charge < -0.3 is 9.63 Å². The van der Waals surface area contributed by atoms with Gasteiger partial charge in [0.05, 0.1) is 17.4 Å². The summed E-state index contributed by atoms with van der Waals surface area (Å²) in [5.41, 5.74) is 1.39. The van der Waals surface area contributed by atoms with Crippen LogP contribution in [0.2, 0.25) is 5.02 Å². The second-order valence-electron chi connectivity index (χ2n) is 8.35. The molecule has 2 heterocycles. The summed E-state index contributed by atoms with van der Waals surface area (Å²) in [6.07, 6.45) is -0.608. The summed E-state index contributed by atoms with van der Waals surface area (Å²) in [4.78, 5) is 15.5. The van der Waals surface area contributed by atoms with Crippen LogP contribution in [0.4, 0.5) is 8.78 Å². The third-order valence-electron chi connectivity index (χ3n) is 6.26. The first-order valence-corrected chi connectivity index (χ1v) is 10.4. The molecule has 10 heteroatoms. The van der Waals surface area contributed by atoms with E-state index in [1.165, 1.54) is 10.7 Å². The van der Waals surface area contributed by atoms with E-state index in [0.717, 1.165) is 24.0 Å². The molecular weight excluding hydrogens is 430 g/mol. The molecule has 1 aromatic carbocycles. The molecule has 0 unspecified atom stereocenters. The van der Waals surface area contributed by atoms with E-state index in [-0.39, 0.29) is 36.2 Å². The van der Waals surface area contributed by atoms with Crippen molar-refractivity contribution in [3.63, 3.8) is 0 Å². The Morgan fingerprint density at radius 3 is 2.68 bits per heavy atom. The Hall–Kier alpha value is -2.81. The highest BCUT2D eigenvalue weighted by Crippen LogP contribution is 2.54. The van der Waals surface area contributed by atoms with Gasteiger partial charge in [-0.2, -0.15) is 10.1 Å². The number of nitrogens with zero attached hydrogens (tertiary/aromatic N) is 4. The predicted octanol–water partition coefficient (Wildman–Crippen LogP) is 4.95. The number of hydrogen-bond donors (Lipinski definition) is 1. The minimum atomic E-state index is -2.76. The van der Waals surface area contributed by atoms with Crippen molar-refractivity contribution in [2.24, 2.45) is 5.92 Å². The molecule has 0 bridgehead atoms. The first-order valence-electron chi connectivity index (χ1n) is 10.00. The van der Waals surface area contributed by atoms with Crippen LogP contribution in [0.15, 0.2) is 28.8 Å². The normalized spacial score (nSPS) is 21.8. The van der Waals surface area contributed by atoms with Gasteiger partial charge in [-0.05, 0) is 55.9 Å². The number of carboxylic acid groups (broad SMARTS) is 1. The van der Waals surface area contributed by atoms with Crippen LogP contribution in [-0.4, -0.2) is 31.0 Å². The molecule has 2 aliphatic rings. The van der Waals surface area contributed by atoms with E-state index in [2.05, 4.69) is 15.2 Å². The van der Waals surface area contributed by atoms with Gasteiger partial charge in [-0.25, -0.2) is 8.78 Å². The standard InChI is InChI=1S/C21H19ClF2N4O3/c1-10-2-3-13(14(22)6-10)21(4-5-21)20-25-18(31-27-20)15-9-16(17(23)24)28(26-15)12-7-11(8-12)19(29)30/h2-3,6,9,11-12,17H,4-5,7-8H2,1H3,(H,29,30). The van der Waals surface area contributed by atoms with E-state index in [9.17, 15) is 13.6 Å². The average molecular weight is 449 g/mol. The zero-order valence-corrected chi connectivity index (χ0v) is 17.3. The van der Waals surface area contributed by atoms with Gasteiger partial charge in [0.25, 0.3) is 12.3 Å². The maximum atomic E-state index is 13.6. The van der Waals surface area contributed by atoms with E-state index in [4.69, 9.17) is 21.2 Å². The number of alkyl halides is 2. The fourth-order valence-corrected chi connectivity index (χ4v) is 4.64. The van der Waals surface area contributed by atoms with Crippen LogP contribution < -0.4 is 0 Å². The van der Waals surface area contributed by atoms with Gasteiger partial charge in [-0.15, -0.1) is 0 Å². The van der Waals surface area contributed by atoms with Gasteiger partial charge >= 0.3 is 5.97 Å². The Kier molecular flexibility index (Phi) is 4.62. The van der Waals surface area contributed by atoms with Crippen molar-refractivity contribution in [3.05, 3.63) is 51.9 Å². The van der Waals surface area contributed by atoms with Crippen molar-refractivity contribution in [1.82, 2.24) is 19.9 Å². The first kappa shape index (κ1) is 20.1. The Labute approximate surface area is 181 Å². The number of aliphatic carboxylic acids is 1. The fraction of sp³-hybridized carbons (Fsp3) is 0.429. The van der Waals surface area contributed by atoms with Crippen LogP contribution in [-0.2, 0) is 10.2 Å². The number of carbonyl (C=O) groups is 1. The van der Waals surface area contributed by atoms with Gasteiger partial charge in [-0.1, -0.05) is 28.9 Å². The van der Waals surface area contributed by atoms with Crippen molar-refractivity contribution in [2.45, 2.75) is 50.5 Å². The summed E-state index contributed by atoms with van der Waals surface area (Å²) in [6.45, 7) is 1.96. The Bertz CT molecular complexity index is 1170. The average Bonchev–Trinajstić information content (AvgIpc) is 3.11. The van der Waals surface area contributed by atoms with Crippen LogP contribution >= 0.6 is 11.6 Å². The quantitative estimate of drug-likeness (QED) is 0.573. The molecular formula is C21H19ClF2N4O3. The van der Waals surface area contributed by atoms with Crippen molar-refractivity contribution in [2.75, 3.05) is 0 Å². The van der Waals surface area contributed by atoms with Crippen molar-refractivity contribution in [3.8, 4) is 11.6 Å². The molecule has 7 nitrogen and oxygen atoms in total. The van der Waals surface area contributed by atoms with Gasteiger partial charge in [0.1, 0.15) is 5.69 Å². The van der Waals surface area contributed by atoms with Crippen LogP contribution in [0.3, 0.4) is 0 Å². The van der Waals surface area contributed by atoms with Crippen molar-refractivity contribution in [1.29, 1.82) is 0 Å². The summed E-state index contributed by atoms with van der Waals surface area (Å²) in [6, 6.07) is 6.66. The van der Waals surface area contributed by atoms with Gasteiger partial charge in [-0.3, -0.25) is 9.48 Å². The maximum Gasteiger partial charge on any atom is 0.306 e. The number of aromatic nitrogens is 4. The molecule has 0 amide bonds. The highest BCUT2D eigenvalue weighted by atomic mass is 35.5. The van der Waals surface area contributed by atoms with Crippen LogP contribution in [0, 0.1) is 12.8 Å². The molecule has 162 valence electrons. The van der Waals surface area contributed by atoms with E-state index in [1.807, 2.05) is 25.1 Å². The number of carboxylic acids is 1. The lowest BCUT2D eigenvalue weighted by Gasteiger charge is -2.33. The maximum absolute atomic E-state index is 13.6. The second kappa shape index (κ2) is 7.12. The molecule has 0 spiro atoms. The van der Waals surface area contributed by atoms with Crippen molar-refractivity contribution >= 4 is 17.6 Å². The lowest BCUT2D eigenvalue weighted by atomic mass is 9.80. The second-order valence-corrected chi connectivity index (χ2v) is 8.76. The smallest absolute Gasteiger partial charge is 0.306 e. The summed E-state index contributed by atoms with van der Waals surface area (Å²) in [7, 11) is 0. The highest BCUT2D eigenvalue weighted by Gasteiger charge is 2.51. The highest BCUT2D eigenvalue weighted by molar-refractivity contribution is 6.31. The third kappa shape index (κ3) is 3.31. The lowest BCUT2D eigenvalue weighted by molar-refractivity contribution is -0.146. The molecule has 0 radical (unpaired) electrons. The number of hydrogen-bond acceptors (Lipinski definition) is 5. The third-order valence-corrected chi connectivity index (χ3v) is 6.57. The van der Waals surface area contributed by atoms with Gasteiger partial charge in [0.2, 0.25) is 0 Å². The lowest BCUT2D eigenvalue weighted by Crippen LogP contribution is -2.33. The van der Waals surface area contributed by atoms with Crippen molar-refractivity contribution < 1.29 is 23.2 Å². The Morgan fingerprint density at radius 2 is 2.06 bits per heavy atom. The molecule has 2 aliphatic carbocycles. The monoisotopic (exact) mass is 448 g/mol. The SMILES string of the molecule is Cc1ccc(C2(c3noc(-c4cc(C(F)F)n(C5CC(C(=O)O)C5)n4)n3)CC2)c(Cl)c1. The van der Waals surface area contributed by atoms with E-state index < -0.39 is 23.7 Å². The zero-order chi connectivity index (χ0) is 21.9.